The molecule has 0 saturated carbocycles. The summed E-state index contributed by atoms with van der Waals surface area (Å²) in [4.78, 5) is 9.04. The van der Waals surface area contributed by atoms with Crippen LogP contribution in [-0.2, 0) is 5.88 Å². The summed E-state index contributed by atoms with van der Waals surface area (Å²) in [7, 11) is 0. The molecule has 0 aliphatic rings. The van der Waals surface area contributed by atoms with Gasteiger partial charge in [0.25, 0.3) is 0 Å². The van der Waals surface area contributed by atoms with Crippen LogP contribution >= 0.6 is 11.6 Å². The number of benzene rings is 1. The van der Waals surface area contributed by atoms with Crippen LogP contribution in [0.3, 0.4) is 0 Å². The minimum Gasteiger partial charge on any atom is -0.304 e. The highest BCUT2D eigenvalue weighted by Crippen LogP contribution is 2.27. The number of halogens is 1. The maximum Gasteiger partial charge on any atom is 0.160 e. The molecule has 0 amide bonds. The summed E-state index contributed by atoms with van der Waals surface area (Å²) in [5, 5.41) is 0. The second-order valence-corrected chi connectivity index (χ2v) is 5.18. The lowest BCUT2D eigenvalue weighted by Gasteiger charge is -2.18. The predicted octanol–water partition coefficient (Wildman–Crippen LogP) is 4.09. The molecule has 0 bridgehead atoms. The Kier molecular flexibility index (Phi) is 3.45. The summed E-state index contributed by atoms with van der Waals surface area (Å²) in [6, 6.07) is 12.4. The van der Waals surface area contributed by atoms with Crippen molar-refractivity contribution in [3.8, 4) is 0 Å². The third-order valence-corrected chi connectivity index (χ3v) is 3.91. The highest BCUT2D eigenvalue weighted by atomic mass is 35.5. The fourth-order valence-electron chi connectivity index (χ4n) is 2.67. The van der Waals surface area contributed by atoms with Crippen molar-refractivity contribution in [1.29, 1.82) is 0 Å². The van der Waals surface area contributed by atoms with E-state index >= 15 is 0 Å². The lowest BCUT2D eigenvalue weighted by molar-refractivity contribution is 0.625. The Morgan fingerprint density at radius 2 is 2.00 bits per heavy atom. The van der Waals surface area contributed by atoms with Crippen LogP contribution in [0.25, 0.3) is 11.2 Å². The SMILES string of the molecule is Cc1ccccc1C(C)n1c(CCl)nc2cccnc21. The van der Waals surface area contributed by atoms with E-state index in [4.69, 9.17) is 11.6 Å². The van der Waals surface area contributed by atoms with Crippen LogP contribution < -0.4 is 0 Å². The van der Waals surface area contributed by atoms with Gasteiger partial charge >= 0.3 is 0 Å². The molecule has 2 heterocycles. The summed E-state index contributed by atoms with van der Waals surface area (Å²) in [6.45, 7) is 4.28. The molecule has 0 saturated heterocycles. The molecule has 20 heavy (non-hydrogen) atoms. The molecule has 1 aromatic carbocycles. The van der Waals surface area contributed by atoms with Gasteiger partial charge < -0.3 is 4.57 Å². The zero-order chi connectivity index (χ0) is 14.1. The fourth-order valence-corrected chi connectivity index (χ4v) is 2.86. The van der Waals surface area contributed by atoms with Gasteiger partial charge in [-0.2, -0.15) is 0 Å². The molecule has 2 aromatic heterocycles. The van der Waals surface area contributed by atoms with Gasteiger partial charge in [-0.15, -0.1) is 11.6 Å². The van der Waals surface area contributed by atoms with Gasteiger partial charge in [-0.25, -0.2) is 9.97 Å². The van der Waals surface area contributed by atoms with E-state index in [1.165, 1.54) is 11.1 Å². The smallest absolute Gasteiger partial charge is 0.160 e. The Bertz CT molecular complexity index is 748. The normalized spacial score (nSPS) is 12.8. The lowest BCUT2D eigenvalue weighted by Crippen LogP contribution is -2.11. The average molecular weight is 286 g/mol. The third kappa shape index (κ3) is 2.08. The average Bonchev–Trinajstić information content (AvgIpc) is 2.85. The van der Waals surface area contributed by atoms with E-state index in [0.29, 0.717) is 5.88 Å². The van der Waals surface area contributed by atoms with Crippen LogP contribution in [0.4, 0.5) is 0 Å². The number of aryl methyl sites for hydroxylation is 1. The summed E-state index contributed by atoms with van der Waals surface area (Å²) in [6.07, 6.45) is 1.79. The molecule has 0 aliphatic heterocycles. The zero-order valence-corrected chi connectivity index (χ0v) is 12.3. The Morgan fingerprint density at radius 3 is 2.75 bits per heavy atom. The first-order valence-corrected chi connectivity index (χ1v) is 7.19. The Morgan fingerprint density at radius 1 is 1.20 bits per heavy atom. The standard InChI is InChI=1S/C16H16ClN3/c1-11-6-3-4-7-13(11)12(2)20-15(10-17)19-14-8-5-9-18-16(14)20/h3-9,12H,10H2,1-2H3. The molecule has 0 radical (unpaired) electrons. The molecule has 0 N–H and O–H groups in total. The van der Waals surface area contributed by atoms with Crippen LogP contribution in [-0.4, -0.2) is 14.5 Å². The first-order valence-electron chi connectivity index (χ1n) is 6.65. The maximum atomic E-state index is 6.06. The van der Waals surface area contributed by atoms with Crippen LogP contribution in [0.2, 0.25) is 0 Å². The van der Waals surface area contributed by atoms with Crippen molar-refractivity contribution in [3.05, 3.63) is 59.5 Å². The van der Waals surface area contributed by atoms with Crippen LogP contribution in [0, 0.1) is 6.92 Å². The molecule has 3 aromatic rings. The second-order valence-electron chi connectivity index (χ2n) is 4.91. The van der Waals surface area contributed by atoms with E-state index in [1.807, 2.05) is 12.1 Å². The van der Waals surface area contributed by atoms with Gasteiger partial charge in [0, 0.05) is 6.20 Å². The number of hydrogen-bond acceptors (Lipinski definition) is 2. The topological polar surface area (TPSA) is 30.7 Å². The predicted molar refractivity (Wildman–Crippen MR) is 82.1 cm³/mol. The highest BCUT2D eigenvalue weighted by Gasteiger charge is 2.18. The van der Waals surface area contributed by atoms with Crippen molar-refractivity contribution in [2.45, 2.75) is 25.8 Å². The van der Waals surface area contributed by atoms with Gasteiger partial charge in [0.1, 0.15) is 11.3 Å². The molecule has 3 nitrogen and oxygen atoms in total. The molecule has 102 valence electrons. The third-order valence-electron chi connectivity index (χ3n) is 3.67. The minimum absolute atomic E-state index is 0.157. The summed E-state index contributed by atoms with van der Waals surface area (Å²) >= 11 is 6.06. The highest BCUT2D eigenvalue weighted by molar-refractivity contribution is 6.16. The van der Waals surface area contributed by atoms with E-state index < -0.39 is 0 Å². The molecule has 1 unspecified atom stereocenters. The number of pyridine rings is 1. The van der Waals surface area contributed by atoms with Crippen LogP contribution in [0.15, 0.2) is 42.6 Å². The zero-order valence-electron chi connectivity index (χ0n) is 11.5. The molecule has 1 atom stereocenters. The molecule has 3 rings (SSSR count). The van der Waals surface area contributed by atoms with Crippen molar-refractivity contribution in [2.24, 2.45) is 0 Å². The van der Waals surface area contributed by atoms with Gasteiger partial charge in [-0.1, -0.05) is 24.3 Å². The number of rotatable bonds is 3. The Labute approximate surface area is 123 Å². The number of nitrogens with zero attached hydrogens (tertiary/aromatic N) is 3. The number of hydrogen-bond donors (Lipinski definition) is 0. The Hall–Kier alpha value is -1.87. The van der Waals surface area contributed by atoms with Crippen molar-refractivity contribution in [1.82, 2.24) is 14.5 Å². The second kappa shape index (κ2) is 5.25. The van der Waals surface area contributed by atoms with Gasteiger partial charge in [0.2, 0.25) is 0 Å². The molecule has 0 spiro atoms. The lowest BCUT2D eigenvalue weighted by atomic mass is 10.0. The summed E-state index contributed by atoms with van der Waals surface area (Å²) in [5.74, 6) is 1.24. The molecule has 4 heteroatoms. The van der Waals surface area contributed by atoms with Gasteiger partial charge in [0.05, 0.1) is 11.9 Å². The van der Waals surface area contributed by atoms with Crippen molar-refractivity contribution in [2.75, 3.05) is 0 Å². The van der Waals surface area contributed by atoms with Gasteiger partial charge in [0.15, 0.2) is 5.65 Å². The number of aromatic nitrogens is 3. The number of fused-ring (bicyclic) bond motifs is 1. The number of alkyl halides is 1. The van der Waals surface area contributed by atoms with E-state index in [1.54, 1.807) is 6.20 Å². The number of imidazole rings is 1. The van der Waals surface area contributed by atoms with Crippen LogP contribution in [0.5, 0.6) is 0 Å². The van der Waals surface area contributed by atoms with E-state index in [-0.39, 0.29) is 6.04 Å². The monoisotopic (exact) mass is 285 g/mol. The molecular weight excluding hydrogens is 270 g/mol. The quantitative estimate of drug-likeness (QED) is 0.679. The fraction of sp³-hybridized carbons (Fsp3) is 0.250. The molecule has 0 fully saturated rings. The Balaban J connectivity index is 2.21. The molecule has 0 aliphatic carbocycles. The minimum atomic E-state index is 0.157. The van der Waals surface area contributed by atoms with Crippen LogP contribution in [0.1, 0.15) is 29.9 Å². The van der Waals surface area contributed by atoms with E-state index in [0.717, 1.165) is 17.0 Å². The van der Waals surface area contributed by atoms with E-state index in [9.17, 15) is 0 Å². The van der Waals surface area contributed by atoms with Gasteiger partial charge in [-0.3, -0.25) is 0 Å². The maximum absolute atomic E-state index is 6.06. The van der Waals surface area contributed by atoms with Crippen molar-refractivity contribution < 1.29 is 0 Å². The van der Waals surface area contributed by atoms with Crippen molar-refractivity contribution >= 4 is 22.8 Å². The largest absolute Gasteiger partial charge is 0.304 e. The van der Waals surface area contributed by atoms with E-state index in [2.05, 4.69) is 52.6 Å². The molecular formula is C16H16ClN3. The summed E-state index contributed by atoms with van der Waals surface area (Å²) in [5.41, 5.74) is 4.31. The van der Waals surface area contributed by atoms with Gasteiger partial charge in [-0.05, 0) is 37.1 Å². The van der Waals surface area contributed by atoms with Crippen molar-refractivity contribution in [3.63, 3.8) is 0 Å². The first-order chi connectivity index (χ1) is 9.72. The first kappa shape index (κ1) is 13.1. The summed E-state index contributed by atoms with van der Waals surface area (Å²) < 4.78 is 2.13.